The molecule has 1 N–H and O–H groups in total. The van der Waals surface area contributed by atoms with E-state index in [9.17, 15) is 0 Å². The minimum atomic E-state index is 0.574. The first-order valence-electron chi connectivity index (χ1n) is 7.15. The summed E-state index contributed by atoms with van der Waals surface area (Å²) in [6, 6.07) is 11.9. The molecule has 1 aromatic carbocycles. The number of aromatic nitrogens is 1. The molecule has 1 aromatic heterocycles. The Morgan fingerprint density at radius 2 is 2.00 bits per heavy atom. The van der Waals surface area contributed by atoms with Crippen LogP contribution in [0, 0.1) is 0 Å². The molecule has 0 aliphatic carbocycles. The van der Waals surface area contributed by atoms with E-state index < -0.39 is 0 Å². The van der Waals surface area contributed by atoms with Gasteiger partial charge >= 0.3 is 0 Å². The Morgan fingerprint density at radius 1 is 1.14 bits per heavy atom. The van der Waals surface area contributed by atoms with Crippen molar-refractivity contribution in [1.82, 2.24) is 10.3 Å². The largest absolute Gasteiger partial charge is 0.439 e. The molecule has 0 amide bonds. The van der Waals surface area contributed by atoms with Crippen molar-refractivity contribution in [2.75, 3.05) is 14.2 Å². The Labute approximate surface area is 126 Å². The van der Waals surface area contributed by atoms with E-state index in [1.165, 1.54) is 5.56 Å². The normalized spacial score (nSPS) is 10.6. The van der Waals surface area contributed by atoms with Crippen LogP contribution in [0.5, 0.6) is 11.6 Å². The zero-order chi connectivity index (χ0) is 15.1. The van der Waals surface area contributed by atoms with Gasteiger partial charge in [-0.2, -0.15) is 0 Å². The second kappa shape index (κ2) is 7.76. The van der Waals surface area contributed by atoms with E-state index >= 15 is 0 Å². The number of hydrogen-bond donors (Lipinski definition) is 1. The number of benzene rings is 1. The summed E-state index contributed by atoms with van der Waals surface area (Å²) in [4.78, 5) is 4.52. The summed E-state index contributed by atoms with van der Waals surface area (Å²) in [6.45, 7) is 3.47. The molecule has 0 saturated heterocycles. The highest BCUT2D eigenvalue weighted by atomic mass is 16.5. The fourth-order valence-corrected chi connectivity index (χ4v) is 2.15. The van der Waals surface area contributed by atoms with Crippen LogP contribution in [0.3, 0.4) is 0 Å². The zero-order valence-electron chi connectivity index (χ0n) is 12.8. The number of aryl methyl sites for hydroxylation is 1. The van der Waals surface area contributed by atoms with Gasteiger partial charge in [-0.25, -0.2) is 4.98 Å². The maximum Gasteiger partial charge on any atom is 0.219 e. The second-order valence-electron chi connectivity index (χ2n) is 4.87. The standard InChI is InChI=1S/C17H22N2O2/c1-4-15-8-14(11-18-2)10-17(19-15)21-16-7-5-6-13(9-16)12-20-3/h5-10,18H,4,11-12H2,1-3H3. The lowest BCUT2D eigenvalue weighted by Gasteiger charge is -2.10. The van der Waals surface area contributed by atoms with Crippen LogP contribution >= 0.6 is 0 Å². The van der Waals surface area contributed by atoms with Crippen LogP contribution in [0.1, 0.15) is 23.7 Å². The number of hydrogen-bond acceptors (Lipinski definition) is 4. The molecule has 0 saturated carbocycles. The number of methoxy groups -OCH3 is 1. The fraction of sp³-hybridized carbons (Fsp3) is 0.353. The molecule has 0 fully saturated rings. The molecule has 0 atom stereocenters. The first-order valence-corrected chi connectivity index (χ1v) is 7.15. The highest BCUT2D eigenvalue weighted by Gasteiger charge is 2.05. The Balaban J connectivity index is 2.21. The maximum absolute atomic E-state index is 5.90. The SMILES string of the molecule is CCc1cc(CNC)cc(Oc2cccc(COC)c2)n1. The third kappa shape index (κ3) is 4.55. The Morgan fingerprint density at radius 3 is 2.71 bits per heavy atom. The molecular formula is C17H22N2O2. The summed E-state index contributed by atoms with van der Waals surface area (Å²) >= 11 is 0. The molecule has 0 aliphatic heterocycles. The van der Waals surface area contributed by atoms with Crippen molar-refractivity contribution < 1.29 is 9.47 Å². The van der Waals surface area contributed by atoms with Crippen molar-refractivity contribution in [3.8, 4) is 11.6 Å². The summed E-state index contributed by atoms with van der Waals surface area (Å²) < 4.78 is 11.0. The number of nitrogens with one attached hydrogen (secondary N) is 1. The van der Waals surface area contributed by atoms with E-state index in [-0.39, 0.29) is 0 Å². The lowest BCUT2D eigenvalue weighted by Crippen LogP contribution is -2.06. The van der Waals surface area contributed by atoms with Gasteiger partial charge in [0.1, 0.15) is 5.75 Å². The molecule has 0 spiro atoms. The summed E-state index contributed by atoms with van der Waals surface area (Å²) in [7, 11) is 3.62. The van der Waals surface area contributed by atoms with Gasteiger partial charge in [0.05, 0.1) is 6.61 Å². The van der Waals surface area contributed by atoms with Crippen LogP contribution in [0.4, 0.5) is 0 Å². The first kappa shape index (κ1) is 15.5. The van der Waals surface area contributed by atoms with E-state index in [4.69, 9.17) is 9.47 Å². The van der Waals surface area contributed by atoms with Crippen LogP contribution in [0.2, 0.25) is 0 Å². The van der Waals surface area contributed by atoms with Crippen LogP contribution < -0.4 is 10.1 Å². The first-order chi connectivity index (χ1) is 10.2. The lowest BCUT2D eigenvalue weighted by molar-refractivity contribution is 0.184. The topological polar surface area (TPSA) is 43.4 Å². The predicted molar refractivity (Wildman–Crippen MR) is 83.6 cm³/mol. The van der Waals surface area contributed by atoms with Gasteiger partial charge in [0.15, 0.2) is 0 Å². The van der Waals surface area contributed by atoms with Gasteiger partial charge < -0.3 is 14.8 Å². The van der Waals surface area contributed by atoms with Gasteiger partial charge in [-0.1, -0.05) is 19.1 Å². The monoisotopic (exact) mass is 286 g/mol. The minimum absolute atomic E-state index is 0.574. The summed E-state index contributed by atoms with van der Waals surface area (Å²) in [5, 5.41) is 3.15. The van der Waals surface area contributed by atoms with Crippen molar-refractivity contribution in [3.63, 3.8) is 0 Å². The molecule has 1 heterocycles. The molecule has 0 unspecified atom stereocenters. The molecule has 4 heteroatoms. The van der Waals surface area contributed by atoms with Gasteiger partial charge in [0.2, 0.25) is 5.88 Å². The Bertz CT molecular complexity index is 585. The number of rotatable bonds is 7. The van der Waals surface area contributed by atoms with Crippen molar-refractivity contribution in [2.24, 2.45) is 0 Å². The third-order valence-corrected chi connectivity index (χ3v) is 3.09. The van der Waals surface area contributed by atoms with Crippen LogP contribution in [0.15, 0.2) is 36.4 Å². The van der Waals surface area contributed by atoms with Crippen LogP contribution in [0.25, 0.3) is 0 Å². The van der Waals surface area contributed by atoms with Crippen molar-refractivity contribution in [2.45, 2.75) is 26.5 Å². The Kier molecular flexibility index (Phi) is 5.72. The second-order valence-corrected chi connectivity index (χ2v) is 4.87. The summed E-state index contributed by atoms with van der Waals surface area (Å²) in [5.74, 6) is 1.41. The van der Waals surface area contributed by atoms with Crippen LogP contribution in [-0.2, 0) is 24.3 Å². The van der Waals surface area contributed by atoms with E-state index in [1.54, 1.807) is 7.11 Å². The molecule has 0 bridgehead atoms. The van der Waals surface area contributed by atoms with Gasteiger partial charge in [-0.3, -0.25) is 0 Å². The number of pyridine rings is 1. The van der Waals surface area contributed by atoms with Crippen molar-refractivity contribution in [1.29, 1.82) is 0 Å². The van der Waals surface area contributed by atoms with Gasteiger partial charge in [0.25, 0.3) is 0 Å². The average Bonchev–Trinajstić information content (AvgIpc) is 2.48. The van der Waals surface area contributed by atoms with E-state index in [1.807, 2.05) is 37.4 Å². The zero-order valence-corrected chi connectivity index (χ0v) is 12.8. The molecule has 0 aliphatic rings. The minimum Gasteiger partial charge on any atom is -0.439 e. The predicted octanol–water partition coefficient (Wildman–Crippen LogP) is 3.30. The molecule has 0 radical (unpaired) electrons. The summed E-state index contributed by atoms with van der Waals surface area (Å²) in [6.07, 6.45) is 0.887. The maximum atomic E-state index is 5.90. The summed E-state index contributed by atoms with van der Waals surface area (Å²) in [5.41, 5.74) is 3.29. The van der Waals surface area contributed by atoms with Gasteiger partial charge in [-0.15, -0.1) is 0 Å². The highest BCUT2D eigenvalue weighted by Crippen LogP contribution is 2.22. The van der Waals surface area contributed by atoms with Crippen LogP contribution in [-0.4, -0.2) is 19.1 Å². The van der Waals surface area contributed by atoms with Crippen molar-refractivity contribution >= 4 is 0 Å². The molecule has 2 aromatic rings. The molecule has 2 rings (SSSR count). The Hall–Kier alpha value is -1.91. The van der Waals surface area contributed by atoms with E-state index in [0.717, 1.165) is 30.0 Å². The molecular weight excluding hydrogens is 264 g/mol. The average molecular weight is 286 g/mol. The van der Waals surface area contributed by atoms with E-state index in [2.05, 4.69) is 23.3 Å². The van der Waals surface area contributed by atoms with Gasteiger partial charge in [-0.05, 0) is 42.8 Å². The number of nitrogens with zero attached hydrogens (tertiary/aromatic N) is 1. The molecule has 4 nitrogen and oxygen atoms in total. The quantitative estimate of drug-likeness (QED) is 0.848. The molecule has 21 heavy (non-hydrogen) atoms. The smallest absolute Gasteiger partial charge is 0.219 e. The lowest BCUT2D eigenvalue weighted by atomic mass is 10.2. The fourth-order valence-electron chi connectivity index (χ4n) is 2.15. The molecule has 112 valence electrons. The third-order valence-electron chi connectivity index (χ3n) is 3.09. The highest BCUT2D eigenvalue weighted by molar-refractivity contribution is 5.33. The number of ether oxygens (including phenoxy) is 2. The van der Waals surface area contributed by atoms with E-state index in [0.29, 0.717) is 12.5 Å². The van der Waals surface area contributed by atoms with Gasteiger partial charge in [0, 0.05) is 25.4 Å². The van der Waals surface area contributed by atoms with Crippen molar-refractivity contribution in [3.05, 3.63) is 53.2 Å².